The van der Waals surface area contributed by atoms with Crippen LogP contribution in [0.4, 0.5) is 0 Å². The van der Waals surface area contributed by atoms with Crippen molar-refractivity contribution in [1.29, 1.82) is 0 Å². The molecule has 0 saturated heterocycles. The van der Waals surface area contributed by atoms with Crippen LogP contribution in [0.1, 0.15) is 239 Å². The molecule has 0 aromatic carbocycles. The highest BCUT2D eigenvalue weighted by Crippen LogP contribution is 2.43. The second kappa shape index (κ2) is 45.0. The van der Waals surface area contributed by atoms with Gasteiger partial charge in [-0.1, -0.05) is 212 Å². The lowest BCUT2D eigenvalue weighted by atomic mass is 10.0. The van der Waals surface area contributed by atoms with Crippen molar-refractivity contribution in [2.75, 3.05) is 26.4 Å². The molecule has 0 aliphatic rings. The fourth-order valence-corrected chi connectivity index (χ4v) is 7.73. The van der Waals surface area contributed by atoms with Crippen LogP contribution in [-0.2, 0) is 32.7 Å². The maximum Gasteiger partial charge on any atom is 0.472 e. The minimum atomic E-state index is -4.38. The first-order valence-electron chi connectivity index (χ1n) is 24.3. The maximum atomic E-state index is 12.6. The molecule has 0 amide bonds. The highest BCUT2D eigenvalue weighted by molar-refractivity contribution is 7.47. The van der Waals surface area contributed by atoms with Gasteiger partial charge in [-0.2, -0.15) is 0 Å². The molecule has 0 aliphatic carbocycles. The molecule has 10 heteroatoms. The SMILES string of the molecule is CCC/C=C\C/C=C\CCCCCCCC(=O)OC(COC(=O)CCCCCCCCCCCCCCCCCCCCCCCCCC)COP(=O)(O)OCCN. The molecule has 0 rings (SSSR count). The standard InChI is InChI=1S/C48H92NO8P/c1-3-5-7-9-11-13-15-17-18-19-20-21-22-23-24-25-26-27-29-30-32-34-36-38-40-47(50)54-44-46(45-56-58(52,53)55-43-42-49)57-48(51)41-39-37-35-33-31-28-16-14-12-10-8-6-4-2/h8,10,14,16,46H,3-7,9,11-13,15,17-45,49H2,1-2H3,(H,52,53)/b10-8-,16-14-. The molecule has 0 aromatic heterocycles. The van der Waals surface area contributed by atoms with Gasteiger partial charge in [0, 0.05) is 19.4 Å². The van der Waals surface area contributed by atoms with E-state index in [0.29, 0.717) is 6.42 Å². The minimum absolute atomic E-state index is 0.0526. The van der Waals surface area contributed by atoms with Crippen LogP contribution in [0.2, 0.25) is 0 Å². The number of carbonyl (C=O) groups is 2. The van der Waals surface area contributed by atoms with Crippen molar-refractivity contribution in [3.63, 3.8) is 0 Å². The van der Waals surface area contributed by atoms with Crippen LogP contribution in [0.25, 0.3) is 0 Å². The Morgan fingerprint density at radius 2 is 0.931 bits per heavy atom. The van der Waals surface area contributed by atoms with Gasteiger partial charge in [0.05, 0.1) is 13.2 Å². The fraction of sp³-hybridized carbons (Fsp3) is 0.875. The van der Waals surface area contributed by atoms with E-state index in [9.17, 15) is 19.0 Å². The summed E-state index contributed by atoms with van der Waals surface area (Å²) in [5, 5.41) is 0. The van der Waals surface area contributed by atoms with Crippen LogP contribution in [0.15, 0.2) is 24.3 Å². The minimum Gasteiger partial charge on any atom is -0.462 e. The lowest BCUT2D eigenvalue weighted by Crippen LogP contribution is -2.29. The molecular weight excluding hydrogens is 750 g/mol. The van der Waals surface area contributed by atoms with Gasteiger partial charge in [0.25, 0.3) is 0 Å². The van der Waals surface area contributed by atoms with E-state index in [1.165, 1.54) is 141 Å². The first-order valence-corrected chi connectivity index (χ1v) is 25.8. The second-order valence-corrected chi connectivity index (χ2v) is 17.8. The van der Waals surface area contributed by atoms with Crippen molar-refractivity contribution >= 4 is 19.8 Å². The zero-order valence-corrected chi connectivity index (χ0v) is 38.7. The van der Waals surface area contributed by atoms with Crippen LogP contribution < -0.4 is 5.73 Å². The number of allylic oxidation sites excluding steroid dienone is 4. The molecule has 342 valence electrons. The Morgan fingerprint density at radius 1 is 0.517 bits per heavy atom. The van der Waals surface area contributed by atoms with Crippen LogP contribution in [0.3, 0.4) is 0 Å². The van der Waals surface area contributed by atoms with Gasteiger partial charge < -0.3 is 20.1 Å². The zero-order valence-electron chi connectivity index (χ0n) is 37.8. The number of carbonyl (C=O) groups excluding carboxylic acids is 2. The molecule has 2 unspecified atom stereocenters. The number of ether oxygens (including phenoxy) is 2. The van der Waals surface area contributed by atoms with Gasteiger partial charge in [-0.05, 0) is 38.5 Å². The molecule has 0 aromatic rings. The average molecular weight is 842 g/mol. The summed E-state index contributed by atoms with van der Waals surface area (Å²) < 4.78 is 32.8. The first kappa shape index (κ1) is 56.5. The Kier molecular flexibility index (Phi) is 43.9. The predicted octanol–water partition coefficient (Wildman–Crippen LogP) is 14.3. The number of rotatable bonds is 46. The number of esters is 2. The van der Waals surface area contributed by atoms with E-state index in [1.807, 2.05) is 0 Å². The van der Waals surface area contributed by atoms with E-state index >= 15 is 0 Å². The Bertz CT molecular complexity index is 1010. The third-order valence-corrected chi connectivity index (χ3v) is 11.6. The molecule has 2 atom stereocenters. The van der Waals surface area contributed by atoms with Gasteiger partial charge in [0.2, 0.25) is 0 Å². The smallest absolute Gasteiger partial charge is 0.462 e. The van der Waals surface area contributed by atoms with Crippen LogP contribution in [0.5, 0.6) is 0 Å². The van der Waals surface area contributed by atoms with Gasteiger partial charge in [-0.3, -0.25) is 18.6 Å². The molecule has 58 heavy (non-hydrogen) atoms. The normalized spacial score (nSPS) is 13.4. The molecule has 0 heterocycles. The number of hydrogen-bond donors (Lipinski definition) is 2. The third kappa shape index (κ3) is 44.1. The quantitative estimate of drug-likeness (QED) is 0.0266. The van der Waals surface area contributed by atoms with Crippen LogP contribution in [-0.4, -0.2) is 49.3 Å². The number of phosphoric acid groups is 1. The van der Waals surface area contributed by atoms with Crippen LogP contribution >= 0.6 is 7.82 Å². The third-order valence-electron chi connectivity index (χ3n) is 10.6. The van der Waals surface area contributed by atoms with Crippen molar-refractivity contribution in [1.82, 2.24) is 0 Å². The van der Waals surface area contributed by atoms with Crippen molar-refractivity contribution in [2.45, 2.75) is 245 Å². The Hall–Kier alpha value is -1.51. The van der Waals surface area contributed by atoms with Gasteiger partial charge >= 0.3 is 19.8 Å². The van der Waals surface area contributed by atoms with Gasteiger partial charge in [-0.15, -0.1) is 0 Å². The molecule has 9 nitrogen and oxygen atoms in total. The zero-order chi connectivity index (χ0) is 42.5. The van der Waals surface area contributed by atoms with Crippen LogP contribution in [0, 0.1) is 0 Å². The van der Waals surface area contributed by atoms with Crippen molar-refractivity contribution in [2.24, 2.45) is 5.73 Å². The molecule has 0 saturated carbocycles. The monoisotopic (exact) mass is 842 g/mol. The first-order chi connectivity index (χ1) is 28.3. The molecule has 0 fully saturated rings. The van der Waals surface area contributed by atoms with E-state index < -0.39 is 26.5 Å². The Morgan fingerprint density at radius 3 is 1.38 bits per heavy atom. The lowest BCUT2D eigenvalue weighted by molar-refractivity contribution is -0.161. The number of unbranched alkanes of at least 4 members (excludes halogenated alkanes) is 29. The van der Waals surface area contributed by atoms with Crippen molar-refractivity contribution in [3.8, 4) is 0 Å². The van der Waals surface area contributed by atoms with Gasteiger partial charge in [0.1, 0.15) is 6.61 Å². The predicted molar refractivity (Wildman–Crippen MR) is 243 cm³/mol. The van der Waals surface area contributed by atoms with E-state index in [1.54, 1.807) is 0 Å². The highest BCUT2D eigenvalue weighted by Gasteiger charge is 2.26. The van der Waals surface area contributed by atoms with E-state index in [2.05, 4.69) is 38.2 Å². The van der Waals surface area contributed by atoms with Crippen molar-refractivity contribution in [3.05, 3.63) is 24.3 Å². The summed E-state index contributed by atoms with van der Waals surface area (Å²) in [4.78, 5) is 34.9. The largest absolute Gasteiger partial charge is 0.472 e. The summed E-state index contributed by atoms with van der Waals surface area (Å²) in [6.45, 7) is 3.69. The Balaban J connectivity index is 3.96. The van der Waals surface area contributed by atoms with E-state index in [4.69, 9.17) is 24.3 Å². The molecule has 3 N–H and O–H groups in total. The summed E-state index contributed by atoms with van der Waals surface area (Å²) in [7, 11) is -4.38. The lowest BCUT2D eigenvalue weighted by Gasteiger charge is -2.19. The molecular formula is C48H92NO8P. The number of nitrogens with two attached hydrogens (primary N) is 1. The summed E-state index contributed by atoms with van der Waals surface area (Å²) in [5.41, 5.74) is 5.35. The average Bonchev–Trinajstić information content (AvgIpc) is 3.21. The number of phosphoric ester groups is 1. The molecule has 0 spiro atoms. The summed E-state index contributed by atoms with van der Waals surface area (Å²) in [5.74, 6) is -0.835. The second-order valence-electron chi connectivity index (χ2n) is 16.3. The van der Waals surface area contributed by atoms with Gasteiger partial charge in [-0.25, -0.2) is 4.57 Å². The summed E-state index contributed by atoms with van der Waals surface area (Å²) in [6.07, 6.45) is 49.4. The highest BCUT2D eigenvalue weighted by atomic mass is 31.2. The van der Waals surface area contributed by atoms with Gasteiger partial charge in [0.15, 0.2) is 6.10 Å². The van der Waals surface area contributed by atoms with E-state index in [0.717, 1.165) is 64.2 Å². The maximum absolute atomic E-state index is 12.6. The topological polar surface area (TPSA) is 134 Å². The van der Waals surface area contributed by atoms with Crippen molar-refractivity contribution < 1.29 is 37.6 Å². The van der Waals surface area contributed by atoms with E-state index in [-0.39, 0.29) is 38.6 Å². The molecule has 0 bridgehead atoms. The number of hydrogen-bond acceptors (Lipinski definition) is 8. The molecule has 0 aliphatic heterocycles. The Labute approximate surface area is 357 Å². The molecule has 0 radical (unpaired) electrons. The summed E-state index contributed by atoms with van der Waals surface area (Å²) in [6, 6.07) is 0. The summed E-state index contributed by atoms with van der Waals surface area (Å²) >= 11 is 0. The fourth-order valence-electron chi connectivity index (χ4n) is 6.97.